The molecule has 6 heteroatoms. The lowest BCUT2D eigenvalue weighted by Crippen LogP contribution is -2.39. The number of rotatable bonds is 4. The van der Waals surface area contributed by atoms with E-state index in [2.05, 4.69) is 0 Å². The maximum atomic E-state index is 12.3. The molecule has 0 N–H and O–H groups in total. The summed E-state index contributed by atoms with van der Waals surface area (Å²) in [5, 5.41) is 0. The predicted molar refractivity (Wildman–Crippen MR) is 78.0 cm³/mol. The van der Waals surface area contributed by atoms with Crippen molar-refractivity contribution in [3.05, 3.63) is 62.4 Å². The minimum absolute atomic E-state index is 0.00879. The Morgan fingerprint density at radius 2 is 1.86 bits per heavy atom. The van der Waals surface area contributed by atoms with Crippen LogP contribution in [0.2, 0.25) is 0 Å². The normalized spacial score (nSPS) is 10.4. The monoisotopic (exact) mass is 288 g/mol. The second-order valence-electron chi connectivity index (χ2n) is 4.71. The summed E-state index contributed by atoms with van der Waals surface area (Å²) in [5.74, 6) is 0.239. The molecule has 0 radical (unpaired) electrons. The van der Waals surface area contributed by atoms with Crippen LogP contribution < -0.4 is 16.0 Å². The van der Waals surface area contributed by atoms with Gasteiger partial charge in [-0.1, -0.05) is 18.2 Å². The largest absolute Gasteiger partial charge is 0.496 e. The quantitative estimate of drug-likeness (QED) is 0.769. The van der Waals surface area contributed by atoms with Crippen LogP contribution in [0.25, 0.3) is 0 Å². The fourth-order valence-corrected chi connectivity index (χ4v) is 2.12. The van der Waals surface area contributed by atoms with Crippen molar-refractivity contribution in [3.8, 4) is 5.75 Å². The third-order valence-corrected chi connectivity index (χ3v) is 3.29. The van der Waals surface area contributed by atoms with Crippen LogP contribution in [0.1, 0.15) is 15.9 Å². The van der Waals surface area contributed by atoms with E-state index in [9.17, 15) is 14.4 Å². The number of benzene rings is 1. The molecule has 0 aliphatic carbocycles. The van der Waals surface area contributed by atoms with Gasteiger partial charge in [0, 0.05) is 32.3 Å². The van der Waals surface area contributed by atoms with Crippen LogP contribution in [0.15, 0.2) is 40.1 Å². The fourth-order valence-electron chi connectivity index (χ4n) is 2.12. The van der Waals surface area contributed by atoms with E-state index in [1.54, 1.807) is 24.3 Å². The van der Waals surface area contributed by atoms with Gasteiger partial charge >= 0.3 is 5.69 Å². The van der Waals surface area contributed by atoms with Gasteiger partial charge in [-0.2, -0.15) is 0 Å². The Bertz CT molecular complexity index is 802. The van der Waals surface area contributed by atoms with E-state index in [0.717, 1.165) is 4.57 Å². The lowest BCUT2D eigenvalue weighted by molar-refractivity contribution is 0.0989. The zero-order chi connectivity index (χ0) is 15.6. The number of methoxy groups -OCH3 is 1. The topological polar surface area (TPSA) is 70.3 Å². The van der Waals surface area contributed by atoms with Gasteiger partial charge in [0.25, 0.3) is 5.56 Å². The Morgan fingerprint density at radius 3 is 2.52 bits per heavy atom. The number of carbonyl (C=O) groups excluding carboxylic acids is 1. The average Bonchev–Trinajstić information content (AvgIpc) is 2.49. The molecule has 0 saturated heterocycles. The van der Waals surface area contributed by atoms with Crippen molar-refractivity contribution in [3.63, 3.8) is 0 Å². The molecule has 0 saturated carbocycles. The molecule has 0 aliphatic rings. The van der Waals surface area contributed by atoms with E-state index in [4.69, 9.17) is 4.74 Å². The summed E-state index contributed by atoms with van der Waals surface area (Å²) in [6.45, 7) is 0. The van der Waals surface area contributed by atoms with Crippen molar-refractivity contribution in [2.75, 3.05) is 7.11 Å². The fraction of sp³-hybridized carbons (Fsp3) is 0.267. The molecule has 6 nitrogen and oxygen atoms in total. The Labute approximate surface area is 121 Å². The molecule has 0 amide bonds. The number of carbonyl (C=O) groups is 1. The predicted octanol–water partition coefficient (Wildman–Crippen LogP) is 0.518. The Balaban J connectivity index is 2.42. The Morgan fingerprint density at radius 1 is 1.19 bits per heavy atom. The summed E-state index contributed by atoms with van der Waals surface area (Å²) in [6, 6.07) is 7.12. The van der Waals surface area contributed by atoms with Crippen LogP contribution in [0.5, 0.6) is 5.75 Å². The van der Waals surface area contributed by atoms with E-state index in [0.29, 0.717) is 11.3 Å². The zero-order valence-corrected chi connectivity index (χ0v) is 12.1. The van der Waals surface area contributed by atoms with Crippen LogP contribution in [0, 0.1) is 0 Å². The van der Waals surface area contributed by atoms with Crippen molar-refractivity contribution < 1.29 is 9.53 Å². The van der Waals surface area contributed by atoms with Crippen LogP contribution in [-0.4, -0.2) is 22.0 Å². The third kappa shape index (κ3) is 2.79. The molecule has 1 aromatic carbocycles. The lowest BCUT2D eigenvalue weighted by Gasteiger charge is -2.08. The Hall–Kier alpha value is -2.63. The molecule has 0 aliphatic heterocycles. The maximum Gasteiger partial charge on any atom is 0.330 e. The second kappa shape index (κ2) is 5.78. The number of ether oxygens (including phenoxy) is 1. The molecule has 0 fully saturated rings. The highest BCUT2D eigenvalue weighted by atomic mass is 16.5. The highest BCUT2D eigenvalue weighted by Crippen LogP contribution is 2.18. The summed E-state index contributed by atoms with van der Waals surface area (Å²) >= 11 is 0. The van der Waals surface area contributed by atoms with Crippen molar-refractivity contribution in [2.24, 2.45) is 14.1 Å². The van der Waals surface area contributed by atoms with Crippen molar-refractivity contribution >= 4 is 5.78 Å². The molecule has 1 heterocycles. The summed E-state index contributed by atoms with van der Waals surface area (Å²) in [7, 11) is 4.38. The summed E-state index contributed by atoms with van der Waals surface area (Å²) in [4.78, 5) is 36.0. The SMILES string of the molecule is COc1ccccc1CC(=O)c1cn(C)c(=O)n(C)c1=O. The van der Waals surface area contributed by atoms with Gasteiger partial charge in [0.15, 0.2) is 5.78 Å². The van der Waals surface area contributed by atoms with Gasteiger partial charge in [0.2, 0.25) is 0 Å². The van der Waals surface area contributed by atoms with E-state index in [1.807, 2.05) is 0 Å². The highest BCUT2D eigenvalue weighted by Gasteiger charge is 2.16. The Kier molecular flexibility index (Phi) is 4.07. The van der Waals surface area contributed by atoms with Gasteiger partial charge < -0.3 is 9.30 Å². The molecule has 0 unspecified atom stereocenters. The standard InChI is InChI=1S/C15H16N2O4/c1-16-9-11(14(19)17(2)15(16)20)12(18)8-10-6-4-5-7-13(10)21-3/h4-7,9H,8H2,1-3H3. The summed E-state index contributed by atoms with van der Waals surface area (Å²) in [5.41, 5.74) is -0.363. The number of hydrogen-bond acceptors (Lipinski definition) is 4. The molecule has 2 aromatic rings. The number of Topliss-reactive ketones (excluding diaryl/α,β-unsaturated/α-hetero) is 1. The van der Waals surface area contributed by atoms with Crippen LogP contribution >= 0.6 is 0 Å². The first-order valence-corrected chi connectivity index (χ1v) is 6.37. The number of aryl methyl sites for hydroxylation is 1. The van der Waals surface area contributed by atoms with Crippen molar-refractivity contribution in [2.45, 2.75) is 6.42 Å². The number of ketones is 1. The first-order chi connectivity index (χ1) is 9.95. The van der Waals surface area contributed by atoms with Crippen LogP contribution in [-0.2, 0) is 20.5 Å². The van der Waals surface area contributed by atoms with E-state index >= 15 is 0 Å². The number of nitrogens with zero attached hydrogens (tertiary/aromatic N) is 2. The first kappa shape index (κ1) is 14.8. The van der Waals surface area contributed by atoms with Gasteiger partial charge in [0.1, 0.15) is 5.75 Å². The molecule has 0 spiro atoms. The number of aromatic nitrogens is 2. The molecular formula is C15H16N2O4. The third-order valence-electron chi connectivity index (χ3n) is 3.29. The van der Waals surface area contributed by atoms with E-state index in [1.165, 1.54) is 32.0 Å². The molecule has 0 atom stereocenters. The highest BCUT2D eigenvalue weighted by molar-refractivity contribution is 5.97. The minimum atomic E-state index is -0.585. The molecule has 0 bridgehead atoms. The van der Waals surface area contributed by atoms with Gasteiger partial charge in [-0.05, 0) is 6.07 Å². The number of hydrogen-bond donors (Lipinski definition) is 0. The number of para-hydroxylation sites is 1. The second-order valence-corrected chi connectivity index (χ2v) is 4.71. The van der Waals surface area contributed by atoms with E-state index < -0.39 is 11.2 Å². The smallest absolute Gasteiger partial charge is 0.330 e. The van der Waals surface area contributed by atoms with Gasteiger partial charge in [0.05, 0.1) is 12.7 Å². The summed E-state index contributed by atoms with van der Waals surface area (Å²) < 4.78 is 7.33. The maximum absolute atomic E-state index is 12.3. The van der Waals surface area contributed by atoms with Crippen LogP contribution in [0.3, 0.4) is 0 Å². The zero-order valence-electron chi connectivity index (χ0n) is 12.1. The first-order valence-electron chi connectivity index (χ1n) is 6.37. The molecule has 21 heavy (non-hydrogen) atoms. The van der Waals surface area contributed by atoms with E-state index in [-0.39, 0.29) is 17.8 Å². The van der Waals surface area contributed by atoms with Crippen LogP contribution in [0.4, 0.5) is 0 Å². The molecule has 110 valence electrons. The molecule has 2 rings (SSSR count). The molecular weight excluding hydrogens is 272 g/mol. The molecule has 1 aromatic heterocycles. The lowest BCUT2D eigenvalue weighted by atomic mass is 10.0. The summed E-state index contributed by atoms with van der Waals surface area (Å²) in [6.07, 6.45) is 1.32. The van der Waals surface area contributed by atoms with Gasteiger partial charge in [-0.15, -0.1) is 0 Å². The minimum Gasteiger partial charge on any atom is -0.496 e. The van der Waals surface area contributed by atoms with Crippen molar-refractivity contribution in [1.82, 2.24) is 9.13 Å². The van der Waals surface area contributed by atoms with Gasteiger partial charge in [-0.25, -0.2) is 4.79 Å². The average molecular weight is 288 g/mol. The van der Waals surface area contributed by atoms with Gasteiger partial charge in [-0.3, -0.25) is 14.2 Å². The van der Waals surface area contributed by atoms with Crippen molar-refractivity contribution in [1.29, 1.82) is 0 Å².